The Kier molecular flexibility index (Phi) is 16.9. The van der Waals surface area contributed by atoms with Gasteiger partial charge in [0.05, 0.1) is 25.6 Å². The monoisotopic (exact) mass is 1140 g/mol. The largest absolute Gasteiger partial charge is 0.495 e. The zero-order valence-corrected chi connectivity index (χ0v) is 48.1. The van der Waals surface area contributed by atoms with Gasteiger partial charge in [0.2, 0.25) is 11.9 Å². The summed E-state index contributed by atoms with van der Waals surface area (Å²) >= 11 is 3.45. The predicted molar refractivity (Wildman–Crippen MR) is 315 cm³/mol. The molecule has 5 heterocycles. The summed E-state index contributed by atoms with van der Waals surface area (Å²) in [6.45, 7) is 10.4. The second-order valence-corrected chi connectivity index (χ2v) is 21.1. The van der Waals surface area contributed by atoms with Crippen molar-refractivity contribution in [1.29, 1.82) is 0 Å². The molecule has 4 aromatic heterocycles. The number of halogens is 1. The maximum Gasteiger partial charge on any atom is 0.278 e. The van der Waals surface area contributed by atoms with Crippen molar-refractivity contribution in [1.82, 2.24) is 35.1 Å². The van der Waals surface area contributed by atoms with Crippen LogP contribution in [0.2, 0.25) is 0 Å². The van der Waals surface area contributed by atoms with E-state index in [0.717, 1.165) is 135 Å². The molecule has 4 aromatic carbocycles. The average Bonchev–Trinajstić information content (AvgIpc) is 4.36. The molecule has 19 heteroatoms. The third-order valence-corrected chi connectivity index (χ3v) is 15.8. The summed E-state index contributed by atoms with van der Waals surface area (Å²) < 4.78 is 23.6. The number of nitrogens with one attached hydrogen (secondary N) is 4. The molecule has 0 saturated carbocycles. The van der Waals surface area contributed by atoms with Gasteiger partial charge < -0.3 is 49.6 Å². The van der Waals surface area contributed by atoms with Crippen LogP contribution in [-0.4, -0.2) is 94.4 Å². The second-order valence-electron chi connectivity index (χ2n) is 20.2. The molecule has 2 aliphatic carbocycles. The molecule has 1 saturated heterocycles. The van der Waals surface area contributed by atoms with E-state index < -0.39 is 0 Å². The molecular formula is C61H67BrN12O6. The van der Waals surface area contributed by atoms with E-state index in [9.17, 15) is 9.59 Å². The smallest absolute Gasteiger partial charge is 0.278 e. The van der Waals surface area contributed by atoms with Crippen molar-refractivity contribution in [2.75, 3.05) is 67.6 Å². The molecule has 80 heavy (non-hydrogen) atoms. The molecule has 1 fully saturated rings. The highest BCUT2D eigenvalue weighted by Gasteiger charge is 2.32. The average molecular weight is 1140 g/mol. The van der Waals surface area contributed by atoms with E-state index in [4.69, 9.17) is 28.5 Å². The quantitative estimate of drug-likeness (QED) is 0.0709. The van der Waals surface area contributed by atoms with Crippen LogP contribution in [0.5, 0.6) is 11.5 Å². The van der Waals surface area contributed by atoms with Crippen LogP contribution in [0.4, 0.5) is 40.3 Å². The molecule has 0 bridgehead atoms. The van der Waals surface area contributed by atoms with Crippen LogP contribution in [0.15, 0.2) is 98.7 Å². The van der Waals surface area contributed by atoms with Crippen molar-refractivity contribution in [2.24, 2.45) is 0 Å². The summed E-state index contributed by atoms with van der Waals surface area (Å²) in [5, 5.41) is 21.1. The summed E-state index contributed by atoms with van der Waals surface area (Å²) in [6, 6.07) is 24.7. The number of piperidine rings is 1. The number of fused-ring (bicyclic) bond motifs is 6. The van der Waals surface area contributed by atoms with Crippen LogP contribution in [-0.2, 0) is 51.4 Å². The molecular weight excluding hydrogens is 1080 g/mol. The van der Waals surface area contributed by atoms with E-state index in [1.165, 1.54) is 0 Å². The van der Waals surface area contributed by atoms with Crippen molar-refractivity contribution < 1.29 is 28.1 Å². The predicted octanol–water partition coefficient (Wildman–Crippen LogP) is 12.0. The minimum atomic E-state index is -0.272. The first-order valence-electron chi connectivity index (χ1n) is 27.4. The Hall–Kier alpha value is -8.16. The summed E-state index contributed by atoms with van der Waals surface area (Å²) in [5.41, 5.74) is 14.1. The molecule has 414 valence electrons. The fourth-order valence-electron chi connectivity index (χ4n) is 10.8. The van der Waals surface area contributed by atoms with Crippen LogP contribution in [0, 0.1) is 0 Å². The van der Waals surface area contributed by atoms with Crippen molar-refractivity contribution in [2.45, 2.75) is 97.9 Å². The van der Waals surface area contributed by atoms with Gasteiger partial charge in [-0.25, -0.2) is 19.9 Å². The maximum atomic E-state index is 13.5. The minimum Gasteiger partial charge on any atom is -0.495 e. The van der Waals surface area contributed by atoms with Crippen molar-refractivity contribution in [3.63, 3.8) is 0 Å². The lowest BCUT2D eigenvalue weighted by Crippen LogP contribution is -2.41. The molecule has 0 unspecified atom stereocenters. The molecule has 8 aromatic rings. The fourth-order valence-corrected chi connectivity index (χ4v) is 11.1. The van der Waals surface area contributed by atoms with E-state index in [2.05, 4.69) is 121 Å². The minimum absolute atomic E-state index is 0.266. The summed E-state index contributed by atoms with van der Waals surface area (Å²) in [5.74, 6) is 2.68. The molecule has 0 radical (unpaired) electrons. The molecule has 0 atom stereocenters. The number of rotatable bonds is 16. The Balaban J connectivity index is 0.000000184. The van der Waals surface area contributed by atoms with Crippen molar-refractivity contribution in [3.8, 4) is 34.4 Å². The van der Waals surface area contributed by atoms with Gasteiger partial charge in [-0.2, -0.15) is 0 Å². The number of aromatic nitrogens is 6. The van der Waals surface area contributed by atoms with E-state index in [0.29, 0.717) is 83.7 Å². The topological polar surface area (TPSA) is 211 Å². The van der Waals surface area contributed by atoms with E-state index in [1.807, 2.05) is 66.9 Å². The number of ether oxygens (including phenoxy) is 2. The molecule has 0 spiro atoms. The SMILES string of the molecule is CCc1cccc(CC)c1NC(=O)c1noc2c1CCc1cnc(Nc3ccc(Br)cc3OC)nc1-2.CCc1cccc(CC)c1NC(=O)c1noc2c1CCc1cnc(Nc3ccc(N4CCC(N(C)C)CC4)cc3OC)nc1-2. The van der Waals surface area contributed by atoms with Gasteiger partial charge in [0, 0.05) is 81.4 Å². The first kappa shape index (κ1) is 55.2. The van der Waals surface area contributed by atoms with Gasteiger partial charge in [0.25, 0.3) is 11.8 Å². The zero-order chi connectivity index (χ0) is 56.0. The first-order valence-corrected chi connectivity index (χ1v) is 28.2. The Labute approximate surface area is 474 Å². The van der Waals surface area contributed by atoms with Crippen molar-refractivity contribution >= 4 is 68.1 Å². The number of nitrogens with zero attached hydrogens (tertiary/aromatic N) is 8. The van der Waals surface area contributed by atoms with Gasteiger partial charge in [0.15, 0.2) is 22.9 Å². The number of aryl methyl sites for hydroxylation is 6. The highest BCUT2D eigenvalue weighted by Crippen LogP contribution is 2.39. The van der Waals surface area contributed by atoms with E-state index >= 15 is 0 Å². The Morgan fingerprint density at radius 1 is 0.637 bits per heavy atom. The van der Waals surface area contributed by atoms with Crippen LogP contribution in [0.25, 0.3) is 22.9 Å². The van der Waals surface area contributed by atoms with Crippen molar-refractivity contribution in [3.05, 3.63) is 146 Å². The lowest BCUT2D eigenvalue weighted by Gasteiger charge is -2.36. The number of anilines is 7. The number of amides is 2. The molecule has 1 aliphatic heterocycles. The number of hydrogen-bond donors (Lipinski definition) is 4. The molecule has 18 nitrogen and oxygen atoms in total. The van der Waals surface area contributed by atoms with E-state index in [-0.39, 0.29) is 11.8 Å². The first-order chi connectivity index (χ1) is 38.9. The number of benzene rings is 4. The molecule has 2 amide bonds. The summed E-state index contributed by atoms with van der Waals surface area (Å²) in [6.07, 6.45) is 11.8. The standard InChI is InChI=1S/C34H41N7O3.C27H26BrN5O3/c1-6-21-9-8-10-22(7-2)29(21)37-33(42)31-26-13-11-23-20-35-34(38-30(23)32(26)44-39-31)36-27-14-12-25(19-28(27)43-5)41-17-15-24(16-18-41)40(3)4;1-4-15-7-6-8-16(5-2)22(15)31-26(34)24-19-11-9-17-14-29-27(32-23(17)25(19)36-33-24)30-20-12-10-18(28)13-21(20)35-3/h8-10,12,14,19-20,24H,6-7,11,13,15-18H2,1-5H3,(H,37,42)(H,35,36,38);6-8,10,12-14H,4-5,9,11H2,1-3H3,(H,31,34)(H,29,30,32). The van der Waals surface area contributed by atoms with Crippen LogP contribution in [0.1, 0.15) is 106 Å². The second kappa shape index (κ2) is 24.5. The van der Waals surface area contributed by atoms with Gasteiger partial charge >= 0.3 is 0 Å². The Morgan fingerprint density at radius 3 is 1.52 bits per heavy atom. The van der Waals surface area contributed by atoms with E-state index in [1.54, 1.807) is 20.4 Å². The van der Waals surface area contributed by atoms with Gasteiger partial charge in [-0.1, -0.05) is 90.3 Å². The molecule has 3 aliphatic rings. The zero-order valence-electron chi connectivity index (χ0n) is 46.6. The fraction of sp³-hybridized carbons (Fsp3) is 0.344. The summed E-state index contributed by atoms with van der Waals surface area (Å²) in [7, 11) is 7.59. The number of carbonyl (C=O) groups excluding carboxylic acids is 2. The third kappa shape index (κ3) is 11.5. The molecule has 11 rings (SSSR count). The number of hydrogen-bond acceptors (Lipinski definition) is 16. The van der Waals surface area contributed by atoms with Crippen LogP contribution in [0.3, 0.4) is 0 Å². The van der Waals surface area contributed by atoms with Gasteiger partial charge in [0.1, 0.15) is 22.9 Å². The Bertz CT molecular complexity index is 3530. The lowest BCUT2D eigenvalue weighted by molar-refractivity contribution is 0.100. The van der Waals surface area contributed by atoms with Crippen LogP contribution >= 0.6 is 15.9 Å². The summed E-state index contributed by atoms with van der Waals surface area (Å²) in [4.78, 5) is 50.0. The lowest BCUT2D eigenvalue weighted by atomic mass is 9.93. The van der Waals surface area contributed by atoms with Gasteiger partial charge in [-0.15, -0.1) is 0 Å². The number of methoxy groups -OCH3 is 2. The molecule has 4 N–H and O–H groups in total. The van der Waals surface area contributed by atoms with Gasteiger partial charge in [-0.05, 0) is 131 Å². The highest BCUT2D eigenvalue weighted by molar-refractivity contribution is 9.10. The highest BCUT2D eigenvalue weighted by atomic mass is 79.9. The Morgan fingerprint density at radius 2 is 1.09 bits per heavy atom. The van der Waals surface area contributed by atoms with Gasteiger partial charge in [-0.3, -0.25) is 9.59 Å². The maximum absolute atomic E-state index is 13.5. The van der Waals surface area contributed by atoms with Crippen LogP contribution < -0.4 is 35.6 Å². The normalized spacial score (nSPS) is 13.5. The number of carbonyl (C=O) groups is 2. The number of para-hydroxylation sites is 2. The third-order valence-electron chi connectivity index (χ3n) is 15.3.